The number of hydrogen-bond donors (Lipinski definition) is 1. The van der Waals surface area contributed by atoms with Gasteiger partial charge in [-0.15, -0.1) is 0 Å². The average Bonchev–Trinajstić information content (AvgIpc) is 3.30. The molecule has 2 fully saturated rings. The molecule has 3 rings (SSSR count). The summed E-state index contributed by atoms with van der Waals surface area (Å²) in [5.74, 6) is 0.646. The summed E-state index contributed by atoms with van der Waals surface area (Å²) in [6.45, 7) is 1.88. The maximum absolute atomic E-state index is 11.3. The molecule has 1 N–H and O–H groups in total. The third-order valence-corrected chi connectivity index (χ3v) is 4.36. The van der Waals surface area contributed by atoms with Gasteiger partial charge in [0.2, 0.25) is 0 Å². The molecule has 1 aromatic rings. The van der Waals surface area contributed by atoms with Crippen LogP contribution in [0.25, 0.3) is 0 Å². The first-order valence-corrected chi connectivity index (χ1v) is 6.97. The maximum atomic E-state index is 11.3. The van der Waals surface area contributed by atoms with E-state index >= 15 is 0 Å². The van der Waals surface area contributed by atoms with Crippen molar-refractivity contribution in [2.75, 3.05) is 13.7 Å². The molecule has 1 aromatic heterocycles. The molecule has 19 heavy (non-hydrogen) atoms. The van der Waals surface area contributed by atoms with E-state index in [2.05, 4.69) is 15.0 Å². The molecule has 0 aromatic carbocycles. The van der Waals surface area contributed by atoms with Crippen molar-refractivity contribution in [3.63, 3.8) is 0 Å². The second-order valence-electron chi connectivity index (χ2n) is 5.77. The molecule has 0 unspecified atom stereocenters. The minimum atomic E-state index is -0.335. The minimum Gasteiger partial charge on any atom is -0.465 e. The Hall–Kier alpha value is -1.42. The van der Waals surface area contributed by atoms with Crippen LogP contribution in [-0.4, -0.2) is 24.6 Å². The largest absolute Gasteiger partial charge is 0.465 e. The van der Waals surface area contributed by atoms with Crippen LogP contribution in [0.15, 0.2) is 18.3 Å². The first-order chi connectivity index (χ1) is 9.23. The van der Waals surface area contributed by atoms with Crippen molar-refractivity contribution < 1.29 is 9.53 Å². The Balaban J connectivity index is 1.48. The molecule has 0 aliphatic heterocycles. The minimum absolute atomic E-state index is 0.335. The lowest BCUT2D eigenvalue weighted by Crippen LogP contribution is -2.25. The molecule has 1 heterocycles. The zero-order valence-electron chi connectivity index (χ0n) is 11.3. The van der Waals surface area contributed by atoms with E-state index in [1.54, 1.807) is 12.3 Å². The van der Waals surface area contributed by atoms with E-state index in [0.29, 0.717) is 11.0 Å². The number of nitrogens with one attached hydrogen (secondary N) is 1. The van der Waals surface area contributed by atoms with Gasteiger partial charge in [-0.1, -0.05) is 0 Å². The lowest BCUT2D eigenvalue weighted by atomic mass is 10.0. The van der Waals surface area contributed by atoms with E-state index in [0.717, 1.165) is 24.7 Å². The van der Waals surface area contributed by atoms with E-state index in [-0.39, 0.29) is 5.97 Å². The summed E-state index contributed by atoms with van der Waals surface area (Å²) in [6, 6.07) is 3.65. The number of carbonyl (C=O) groups excluding carboxylic acids is 1. The van der Waals surface area contributed by atoms with E-state index in [4.69, 9.17) is 0 Å². The SMILES string of the molecule is COC(=O)c1ccc(CNCC2(C3CC3)CC2)nc1. The summed E-state index contributed by atoms with van der Waals surface area (Å²) < 4.78 is 4.65. The van der Waals surface area contributed by atoms with Crippen LogP contribution < -0.4 is 5.32 Å². The number of esters is 1. The fourth-order valence-corrected chi connectivity index (χ4v) is 2.79. The summed E-state index contributed by atoms with van der Waals surface area (Å²) in [5, 5.41) is 3.51. The molecule has 2 saturated carbocycles. The van der Waals surface area contributed by atoms with Gasteiger partial charge in [-0.25, -0.2) is 4.79 Å². The second kappa shape index (κ2) is 4.93. The van der Waals surface area contributed by atoms with Crippen molar-refractivity contribution in [3.05, 3.63) is 29.6 Å². The standard InChI is InChI=1S/C15H20N2O2/c1-19-14(18)11-2-5-13(17-8-11)9-16-10-15(6-7-15)12-3-4-12/h2,5,8,12,16H,3-4,6-7,9-10H2,1H3. The van der Waals surface area contributed by atoms with Gasteiger partial charge in [-0.05, 0) is 49.1 Å². The van der Waals surface area contributed by atoms with Crippen LogP contribution >= 0.6 is 0 Å². The molecule has 2 aliphatic rings. The molecule has 4 heteroatoms. The van der Waals surface area contributed by atoms with Crippen molar-refractivity contribution in [3.8, 4) is 0 Å². The Morgan fingerprint density at radius 2 is 2.26 bits per heavy atom. The molecular weight excluding hydrogens is 240 g/mol. The van der Waals surface area contributed by atoms with Gasteiger partial charge in [0, 0.05) is 19.3 Å². The van der Waals surface area contributed by atoms with Gasteiger partial charge < -0.3 is 10.1 Å². The predicted molar refractivity (Wildman–Crippen MR) is 71.7 cm³/mol. The number of methoxy groups -OCH3 is 1. The monoisotopic (exact) mass is 260 g/mol. The highest BCUT2D eigenvalue weighted by molar-refractivity contribution is 5.88. The molecule has 0 saturated heterocycles. The smallest absolute Gasteiger partial charge is 0.339 e. The zero-order valence-corrected chi connectivity index (χ0v) is 11.3. The van der Waals surface area contributed by atoms with Gasteiger partial charge in [0.1, 0.15) is 0 Å². The fraction of sp³-hybridized carbons (Fsp3) is 0.600. The number of carbonyl (C=O) groups is 1. The van der Waals surface area contributed by atoms with E-state index in [9.17, 15) is 4.79 Å². The van der Waals surface area contributed by atoms with Crippen LogP contribution in [0.1, 0.15) is 41.7 Å². The molecule has 0 bridgehead atoms. The van der Waals surface area contributed by atoms with Crippen LogP contribution in [0.2, 0.25) is 0 Å². The Morgan fingerprint density at radius 3 is 2.79 bits per heavy atom. The molecule has 0 radical (unpaired) electrons. The molecule has 4 nitrogen and oxygen atoms in total. The number of aromatic nitrogens is 1. The average molecular weight is 260 g/mol. The molecule has 0 spiro atoms. The third kappa shape index (κ3) is 2.78. The van der Waals surface area contributed by atoms with E-state index in [1.165, 1.54) is 32.8 Å². The first-order valence-electron chi connectivity index (χ1n) is 6.97. The molecule has 102 valence electrons. The van der Waals surface area contributed by atoms with Crippen LogP contribution in [0.3, 0.4) is 0 Å². The first kappa shape index (κ1) is 12.6. The number of pyridine rings is 1. The highest BCUT2D eigenvalue weighted by Crippen LogP contribution is 2.60. The summed E-state index contributed by atoms with van der Waals surface area (Å²) in [7, 11) is 1.38. The van der Waals surface area contributed by atoms with Crippen LogP contribution in [0.5, 0.6) is 0 Å². The van der Waals surface area contributed by atoms with Gasteiger partial charge in [0.25, 0.3) is 0 Å². The Bertz CT molecular complexity index is 462. The topological polar surface area (TPSA) is 51.2 Å². The lowest BCUT2D eigenvalue weighted by molar-refractivity contribution is 0.0600. The number of nitrogens with zero attached hydrogens (tertiary/aromatic N) is 1. The predicted octanol–water partition coefficient (Wildman–Crippen LogP) is 2.15. The van der Waals surface area contributed by atoms with Crippen LogP contribution in [-0.2, 0) is 11.3 Å². The van der Waals surface area contributed by atoms with Crippen molar-refractivity contribution in [2.45, 2.75) is 32.2 Å². The van der Waals surface area contributed by atoms with Crippen molar-refractivity contribution >= 4 is 5.97 Å². The third-order valence-electron chi connectivity index (χ3n) is 4.36. The highest BCUT2D eigenvalue weighted by Gasteiger charge is 2.53. The van der Waals surface area contributed by atoms with Crippen molar-refractivity contribution in [2.24, 2.45) is 11.3 Å². The number of hydrogen-bond acceptors (Lipinski definition) is 4. The van der Waals surface area contributed by atoms with Crippen molar-refractivity contribution in [1.82, 2.24) is 10.3 Å². The quantitative estimate of drug-likeness (QED) is 0.796. The Morgan fingerprint density at radius 1 is 1.47 bits per heavy atom. The fourth-order valence-electron chi connectivity index (χ4n) is 2.79. The van der Waals surface area contributed by atoms with E-state index in [1.807, 2.05) is 6.07 Å². The number of ether oxygens (including phenoxy) is 1. The van der Waals surface area contributed by atoms with Gasteiger partial charge in [0.15, 0.2) is 0 Å². The summed E-state index contributed by atoms with van der Waals surface area (Å²) in [6.07, 6.45) is 7.21. The summed E-state index contributed by atoms with van der Waals surface area (Å²) in [5.41, 5.74) is 2.09. The molecule has 0 atom stereocenters. The van der Waals surface area contributed by atoms with Crippen LogP contribution in [0, 0.1) is 11.3 Å². The van der Waals surface area contributed by atoms with Crippen molar-refractivity contribution in [1.29, 1.82) is 0 Å². The molecule has 0 amide bonds. The van der Waals surface area contributed by atoms with Gasteiger partial charge in [-0.2, -0.15) is 0 Å². The van der Waals surface area contributed by atoms with Gasteiger partial charge in [-0.3, -0.25) is 4.98 Å². The maximum Gasteiger partial charge on any atom is 0.339 e. The second-order valence-corrected chi connectivity index (χ2v) is 5.77. The van der Waals surface area contributed by atoms with Gasteiger partial charge in [0.05, 0.1) is 18.4 Å². The Labute approximate surface area is 113 Å². The van der Waals surface area contributed by atoms with Crippen LogP contribution in [0.4, 0.5) is 0 Å². The zero-order chi connectivity index (χ0) is 13.3. The lowest BCUT2D eigenvalue weighted by Gasteiger charge is -2.14. The van der Waals surface area contributed by atoms with E-state index < -0.39 is 0 Å². The normalized spacial score (nSPS) is 20.1. The molecular formula is C15H20N2O2. The Kier molecular flexibility index (Phi) is 3.27. The van der Waals surface area contributed by atoms with Gasteiger partial charge >= 0.3 is 5.97 Å². The highest BCUT2D eigenvalue weighted by atomic mass is 16.5. The summed E-state index contributed by atoms with van der Waals surface area (Å²) in [4.78, 5) is 15.6. The molecule has 2 aliphatic carbocycles. The summed E-state index contributed by atoms with van der Waals surface area (Å²) >= 11 is 0. The number of rotatable bonds is 6.